The molecule has 4 rings (SSSR count). The smallest absolute Gasteiger partial charge is 0.228 e. The number of nitrogens with one attached hydrogen (secondary N) is 1. The minimum Gasteiger partial charge on any atom is -0.381 e. The molecule has 178 valence electrons. The monoisotopic (exact) mass is 464 g/mol. The molecule has 3 atom stereocenters. The third-order valence-corrected chi connectivity index (χ3v) is 7.89. The fourth-order valence-corrected chi connectivity index (χ4v) is 6.26. The molecular formula is C24H36N2O5S. The number of piperidine rings is 1. The average Bonchev–Trinajstić information content (AvgIpc) is 3.32. The lowest BCUT2D eigenvalue weighted by Crippen LogP contribution is -2.60. The maximum Gasteiger partial charge on any atom is 0.228 e. The molecule has 2 saturated heterocycles. The van der Waals surface area contributed by atoms with E-state index in [1.54, 1.807) is 0 Å². The fraction of sp³-hybridized carbons (Fsp3) is 0.708. The lowest BCUT2D eigenvalue weighted by Gasteiger charge is -2.43. The van der Waals surface area contributed by atoms with E-state index in [2.05, 4.69) is 29.0 Å². The zero-order valence-corrected chi connectivity index (χ0v) is 19.8. The van der Waals surface area contributed by atoms with Gasteiger partial charge in [-0.2, -0.15) is 0 Å². The predicted molar refractivity (Wildman–Crippen MR) is 123 cm³/mol. The summed E-state index contributed by atoms with van der Waals surface area (Å²) in [6, 6.07) is 10.0. The molecule has 1 aliphatic carbocycles. The molecule has 1 aromatic rings. The molecule has 1 aromatic carbocycles. The van der Waals surface area contributed by atoms with E-state index >= 15 is 0 Å². The Labute approximate surface area is 191 Å². The van der Waals surface area contributed by atoms with Crippen molar-refractivity contribution in [2.45, 2.75) is 69.1 Å². The second-order valence-electron chi connectivity index (χ2n) is 9.52. The van der Waals surface area contributed by atoms with Crippen LogP contribution < -0.4 is 4.72 Å². The first-order valence-corrected chi connectivity index (χ1v) is 13.8. The van der Waals surface area contributed by atoms with E-state index in [0.717, 1.165) is 38.5 Å². The Hall–Kier alpha value is -1.48. The van der Waals surface area contributed by atoms with Crippen molar-refractivity contribution in [2.24, 2.45) is 5.92 Å². The number of benzene rings is 1. The van der Waals surface area contributed by atoms with Gasteiger partial charge in [-0.1, -0.05) is 30.3 Å². The highest BCUT2D eigenvalue weighted by molar-refractivity contribution is 7.88. The Bertz CT molecular complexity index is 848. The highest BCUT2D eigenvalue weighted by Crippen LogP contribution is 2.34. The molecule has 1 N–H and O–H groups in total. The van der Waals surface area contributed by atoms with E-state index in [4.69, 9.17) is 9.47 Å². The lowest BCUT2D eigenvalue weighted by atomic mass is 9.83. The Kier molecular flexibility index (Phi) is 7.87. The van der Waals surface area contributed by atoms with E-state index < -0.39 is 10.0 Å². The molecular weight excluding hydrogens is 428 g/mol. The second kappa shape index (κ2) is 10.6. The summed E-state index contributed by atoms with van der Waals surface area (Å²) >= 11 is 0. The summed E-state index contributed by atoms with van der Waals surface area (Å²) in [7, 11) is -3.37. The number of amides is 1. The number of likely N-dealkylation sites (tertiary alicyclic amines) is 1. The number of carbonyl (C=O) groups is 1. The molecule has 3 aliphatic rings. The van der Waals surface area contributed by atoms with Gasteiger partial charge in [0.05, 0.1) is 37.5 Å². The molecule has 0 radical (unpaired) electrons. The zero-order valence-electron chi connectivity index (χ0n) is 18.9. The number of nitrogens with zero attached hydrogens (tertiary/aromatic N) is 1. The van der Waals surface area contributed by atoms with E-state index in [9.17, 15) is 13.2 Å². The first kappa shape index (κ1) is 23.7. The van der Waals surface area contributed by atoms with Gasteiger partial charge in [0.2, 0.25) is 15.9 Å². The van der Waals surface area contributed by atoms with Crippen molar-refractivity contribution in [1.82, 2.24) is 9.62 Å². The summed E-state index contributed by atoms with van der Waals surface area (Å²) in [6.07, 6.45) is 7.72. The fourth-order valence-electron chi connectivity index (χ4n) is 5.44. The van der Waals surface area contributed by atoms with Gasteiger partial charge in [0.15, 0.2) is 0 Å². The molecule has 0 spiro atoms. The van der Waals surface area contributed by atoms with Crippen LogP contribution in [0.4, 0.5) is 0 Å². The summed E-state index contributed by atoms with van der Waals surface area (Å²) in [5.74, 6) is 0.519. The molecule has 7 nitrogen and oxygen atoms in total. The molecule has 32 heavy (non-hydrogen) atoms. The molecule has 2 aliphatic heterocycles. The predicted octanol–water partition coefficient (Wildman–Crippen LogP) is 2.67. The number of hydrogen-bond acceptors (Lipinski definition) is 5. The SMILES string of the molecule is CS(=O)(=O)N[C@H]1CCCN(C(=O)[C@@H]2CCOC2)[C@H]1CO[C@H]1CC[C@@H](c2ccccc2)CC1. The molecule has 0 bridgehead atoms. The van der Waals surface area contributed by atoms with Gasteiger partial charge in [0.1, 0.15) is 0 Å². The maximum atomic E-state index is 13.2. The summed E-state index contributed by atoms with van der Waals surface area (Å²) in [5.41, 5.74) is 1.39. The molecule has 2 heterocycles. The van der Waals surface area contributed by atoms with E-state index in [1.807, 2.05) is 11.0 Å². The van der Waals surface area contributed by atoms with Crippen LogP contribution in [-0.2, 0) is 24.3 Å². The molecule has 8 heteroatoms. The highest BCUT2D eigenvalue weighted by Gasteiger charge is 2.39. The van der Waals surface area contributed by atoms with Gasteiger partial charge in [-0.05, 0) is 56.4 Å². The van der Waals surface area contributed by atoms with Gasteiger partial charge in [0, 0.05) is 19.2 Å². The van der Waals surface area contributed by atoms with Gasteiger partial charge in [0.25, 0.3) is 0 Å². The maximum absolute atomic E-state index is 13.2. The first-order valence-electron chi connectivity index (χ1n) is 11.9. The standard InChI is InChI=1S/C24H36N2O5S/c1-32(28,29)25-22-8-5-14-26(24(27)20-13-15-30-16-20)23(22)17-31-21-11-9-19(10-12-21)18-6-3-2-4-7-18/h2-4,6-7,19-23,25H,5,8-17H2,1H3/t19-,20-,21+,22+,23+/m1/s1. The zero-order chi connectivity index (χ0) is 22.6. The van der Waals surface area contributed by atoms with Crippen molar-refractivity contribution in [1.29, 1.82) is 0 Å². The van der Waals surface area contributed by atoms with Crippen molar-refractivity contribution in [2.75, 3.05) is 32.6 Å². The van der Waals surface area contributed by atoms with Crippen LogP contribution in [0.3, 0.4) is 0 Å². The van der Waals surface area contributed by atoms with Crippen LogP contribution in [0.25, 0.3) is 0 Å². The van der Waals surface area contributed by atoms with Crippen LogP contribution in [0.1, 0.15) is 56.4 Å². The van der Waals surface area contributed by atoms with Crippen LogP contribution in [0.15, 0.2) is 30.3 Å². The van der Waals surface area contributed by atoms with E-state index in [1.165, 1.54) is 11.8 Å². The second-order valence-corrected chi connectivity index (χ2v) is 11.3. The Balaban J connectivity index is 1.38. The molecule has 0 unspecified atom stereocenters. The summed E-state index contributed by atoms with van der Waals surface area (Å²) < 4.78 is 38.5. The van der Waals surface area contributed by atoms with Crippen LogP contribution in [-0.4, -0.2) is 70.0 Å². The third kappa shape index (κ3) is 6.10. The van der Waals surface area contributed by atoms with Crippen molar-refractivity contribution < 1.29 is 22.7 Å². The van der Waals surface area contributed by atoms with Gasteiger partial charge >= 0.3 is 0 Å². The van der Waals surface area contributed by atoms with Crippen molar-refractivity contribution >= 4 is 15.9 Å². The van der Waals surface area contributed by atoms with E-state index in [-0.39, 0.29) is 30.0 Å². The largest absolute Gasteiger partial charge is 0.381 e. The average molecular weight is 465 g/mol. The highest BCUT2D eigenvalue weighted by atomic mass is 32.2. The summed E-state index contributed by atoms with van der Waals surface area (Å²) in [6.45, 7) is 2.08. The molecule has 1 amide bonds. The third-order valence-electron chi connectivity index (χ3n) is 7.15. The van der Waals surface area contributed by atoms with Gasteiger partial charge in [-0.3, -0.25) is 4.79 Å². The topological polar surface area (TPSA) is 84.9 Å². The van der Waals surface area contributed by atoms with Gasteiger partial charge in [-0.25, -0.2) is 13.1 Å². The van der Waals surface area contributed by atoms with Crippen LogP contribution in [0, 0.1) is 5.92 Å². The van der Waals surface area contributed by atoms with Gasteiger partial charge < -0.3 is 14.4 Å². The number of hydrogen-bond donors (Lipinski definition) is 1. The van der Waals surface area contributed by atoms with Crippen molar-refractivity contribution in [3.63, 3.8) is 0 Å². The minimum absolute atomic E-state index is 0.0730. The van der Waals surface area contributed by atoms with E-state index in [0.29, 0.717) is 38.7 Å². The Morgan fingerprint density at radius 2 is 1.88 bits per heavy atom. The van der Waals surface area contributed by atoms with Crippen molar-refractivity contribution in [3.05, 3.63) is 35.9 Å². The first-order chi connectivity index (χ1) is 15.4. The molecule has 0 aromatic heterocycles. The quantitative estimate of drug-likeness (QED) is 0.671. The number of sulfonamides is 1. The molecule has 1 saturated carbocycles. The summed E-state index contributed by atoms with van der Waals surface area (Å²) in [5, 5.41) is 0. The Morgan fingerprint density at radius 1 is 1.12 bits per heavy atom. The normalized spacial score (nSPS) is 31.5. The Morgan fingerprint density at radius 3 is 2.53 bits per heavy atom. The van der Waals surface area contributed by atoms with Gasteiger partial charge in [-0.15, -0.1) is 0 Å². The number of ether oxygens (including phenoxy) is 2. The lowest BCUT2D eigenvalue weighted by molar-refractivity contribution is -0.142. The molecule has 3 fully saturated rings. The van der Waals surface area contributed by atoms with Crippen molar-refractivity contribution in [3.8, 4) is 0 Å². The van der Waals surface area contributed by atoms with Crippen LogP contribution in [0.5, 0.6) is 0 Å². The number of rotatable bonds is 7. The minimum atomic E-state index is -3.37. The number of carbonyl (C=O) groups excluding carboxylic acids is 1. The van der Waals surface area contributed by atoms with Crippen LogP contribution >= 0.6 is 0 Å². The van der Waals surface area contributed by atoms with Crippen LogP contribution in [0.2, 0.25) is 0 Å². The summed E-state index contributed by atoms with van der Waals surface area (Å²) in [4.78, 5) is 15.0.